The molecule has 0 aliphatic heterocycles. The van der Waals surface area contributed by atoms with Gasteiger partial charge in [-0.3, -0.25) is 0 Å². The van der Waals surface area contributed by atoms with Gasteiger partial charge in [-0.2, -0.15) is 24.9 Å². The van der Waals surface area contributed by atoms with Crippen LogP contribution in [0.25, 0.3) is 0 Å². The Labute approximate surface area is 121 Å². The molecule has 3 N–H and O–H groups in total. The van der Waals surface area contributed by atoms with Crippen LogP contribution in [0.5, 0.6) is 0 Å². The molecule has 0 spiro atoms. The largest absolute Gasteiger partial charge is 0.418 e. The zero-order valence-corrected chi connectivity index (χ0v) is 12.2. The van der Waals surface area contributed by atoms with Gasteiger partial charge in [0.15, 0.2) is 0 Å². The van der Waals surface area contributed by atoms with E-state index in [2.05, 4.69) is 11.6 Å². The second-order valence-electron chi connectivity index (χ2n) is 5.11. The number of alkyl halides is 3. The van der Waals surface area contributed by atoms with Gasteiger partial charge in [0.2, 0.25) is 0 Å². The Balaban J connectivity index is 2.17. The van der Waals surface area contributed by atoms with Crippen LogP contribution in [0, 0.1) is 0 Å². The van der Waals surface area contributed by atoms with Crippen LogP contribution < -0.4 is 11.1 Å². The first-order chi connectivity index (χ1) is 9.41. The summed E-state index contributed by atoms with van der Waals surface area (Å²) in [4.78, 5) is 0. The number of nitrogen functional groups attached to an aromatic ring is 1. The number of nitrogens with two attached hydrogens (primary N) is 1. The maximum Gasteiger partial charge on any atom is 0.418 e. The van der Waals surface area contributed by atoms with Gasteiger partial charge in [0.05, 0.1) is 5.56 Å². The van der Waals surface area contributed by atoms with Crippen LogP contribution in [0.2, 0.25) is 0 Å². The van der Waals surface area contributed by atoms with E-state index in [1.807, 2.05) is 0 Å². The molecule has 1 fully saturated rings. The van der Waals surface area contributed by atoms with Crippen molar-refractivity contribution in [1.82, 2.24) is 0 Å². The fraction of sp³-hybridized carbons (Fsp3) is 0.571. The zero-order chi connectivity index (χ0) is 14.8. The number of benzene rings is 1. The van der Waals surface area contributed by atoms with E-state index in [-0.39, 0.29) is 11.7 Å². The molecule has 1 aromatic rings. The van der Waals surface area contributed by atoms with E-state index >= 15 is 0 Å². The van der Waals surface area contributed by atoms with Crippen molar-refractivity contribution in [1.29, 1.82) is 0 Å². The maximum atomic E-state index is 12.8. The Kier molecular flexibility index (Phi) is 4.73. The molecule has 2 unspecified atom stereocenters. The second kappa shape index (κ2) is 6.16. The molecule has 1 aromatic carbocycles. The van der Waals surface area contributed by atoms with E-state index in [1.165, 1.54) is 12.5 Å². The lowest BCUT2D eigenvalue weighted by Gasteiger charge is -2.32. The summed E-state index contributed by atoms with van der Waals surface area (Å²) < 4.78 is 38.5. The average Bonchev–Trinajstić information content (AvgIpc) is 2.40. The van der Waals surface area contributed by atoms with Crippen LogP contribution in [0.3, 0.4) is 0 Å². The van der Waals surface area contributed by atoms with Crippen molar-refractivity contribution in [3.05, 3.63) is 23.8 Å². The molecular formula is C14H19F3N2S. The summed E-state index contributed by atoms with van der Waals surface area (Å²) in [7, 11) is 0. The molecule has 112 valence electrons. The highest BCUT2D eigenvalue weighted by molar-refractivity contribution is 7.99. The van der Waals surface area contributed by atoms with Gasteiger partial charge in [0, 0.05) is 22.7 Å². The minimum atomic E-state index is -4.41. The average molecular weight is 304 g/mol. The SMILES string of the molecule is CSC1CCCCC1Nc1ccc(N)c(C(F)(F)F)c1. The molecule has 2 rings (SSSR count). The van der Waals surface area contributed by atoms with Crippen LogP contribution in [-0.4, -0.2) is 17.5 Å². The molecule has 1 aliphatic rings. The number of nitrogens with one attached hydrogen (secondary N) is 1. The smallest absolute Gasteiger partial charge is 0.398 e. The summed E-state index contributed by atoms with van der Waals surface area (Å²) in [5, 5.41) is 3.70. The maximum absolute atomic E-state index is 12.8. The van der Waals surface area contributed by atoms with E-state index in [9.17, 15) is 13.2 Å². The lowest BCUT2D eigenvalue weighted by atomic mass is 9.94. The minimum absolute atomic E-state index is 0.225. The molecule has 6 heteroatoms. The molecule has 0 heterocycles. The van der Waals surface area contributed by atoms with Crippen LogP contribution in [0.4, 0.5) is 24.5 Å². The molecule has 0 bridgehead atoms. The number of rotatable bonds is 3. The number of halogens is 3. The molecule has 1 saturated carbocycles. The third-order valence-electron chi connectivity index (χ3n) is 3.72. The number of hydrogen-bond donors (Lipinski definition) is 2. The molecule has 2 nitrogen and oxygen atoms in total. The van der Waals surface area contributed by atoms with Gasteiger partial charge in [0.1, 0.15) is 0 Å². The Morgan fingerprint density at radius 3 is 2.60 bits per heavy atom. The Morgan fingerprint density at radius 2 is 1.95 bits per heavy atom. The van der Waals surface area contributed by atoms with Gasteiger partial charge in [0.25, 0.3) is 0 Å². The molecule has 0 amide bonds. The second-order valence-corrected chi connectivity index (χ2v) is 6.19. The van der Waals surface area contributed by atoms with Crippen LogP contribution >= 0.6 is 11.8 Å². The standard InChI is InChI=1S/C14H19F3N2S/c1-20-13-5-3-2-4-12(13)19-9-6-7-11(18)10(8-9)14(15,16)17/h6-8,12-13,19H,2-5,18H2,1H3. The highest BCUT2D eigenvalue weighted by Gasteiger charge is 2.33. The first-order valence-electron chi connectivity index (χ1n) is 6.68. The molecule has 0 aromatic heterocycles. The quantitative estimate of drug-likeness (QED) is 0.814. The van der Waals surface area contributed by atoms with E-state index in [0.29, 0.717) is 10.9 Å². The van der Waals surface area contributed by atoms with Gasteiger partial charge in [-0.25, -0.2) is 0 Å². The third-order valence-corrected chi connectivity index (χ3v) is 4.89. The van der Waals surface area contributed by atoms with Crippen molar-refractivity contribution in [2.45, 2.75) is 43.2 Å². The topological polar surface area (TPSA) is 38.0 Å². The van der Waals surface area contributed by atoms with E-state index in [0.717, 1.165) is 25.3 Å². The van der Waals surface area contributed by atoms with E-state index in [4.69, 9.17) is 5.73 Å². The van der Waals surface area contributed by atoms with Gasteiger partial charge >= 0.3 is 6.18 Å². The van der Waals surface area contributed by atoms with Gasteiger partial charge in [-0.15, -0.1) is 0 Å². The monoisotopic (exact) mass is 304 g/mol. The molecular weight excluding hydrogens is 285 g/mol. The Morgan fingerprint density at radius 1 is 1.25 bits per heavy atom. The fourth-order valence-corrected chi connectivity index (χ4v) is 3.58. The Hall–Kier alpha value is -1.04. The molecule has 0 saturated heterocycles. The number of anilines is 2. The van der Waals surface area contributed by atoms with Crippen molar-refractivity contribution in [2.24, 2.45) is 0 Å². The predicted octanol–water partition coefficient (Wildman–Crippen LogP) is 4.37. The summed E-state index contributed by atoms with van der Waals surface area (Å²) in [5.74, 6) is 0. The van der Waals surface area contributed by atoms with Crippen LogP contribution in [0.1, 0.15) is 31.2 Å². The van der Waals surface area contributed by atoms with Crippen molar-refractivity contribution in [3.8, 4) is 0 Å². The first-order valence-corrected chi connectivity index (χ1v) is 7.96. The lowest BCUT2D eigenvalue weighted by molar-refractivity contribution is -0.136. The first kappa shape index (κ1) is 15.4. The molecule has 20 heavy (non-hydrogen) atoms. The minimum Gasteiger partial charge on any atom is -0.398 e. The molecule has 0 radical (unpaired) electrons. The summed E-state index contributed by atoms with van der Waals surface area (Å²) in [6, 6.07) is 4.28. The molecule has 1 aliphatic carbocycles. The summed E-state index contributed by atoms with van der Waals surface area (Å²) in [6.07, 6.45) is 2.06. The summed E-state index contributed by atoms with van der Waals surface area (Å²) >= 11 is 1.78. The third kappa shape index (κ3) is 3.53. The molecule has 2 atom stereocenters. The van der Waals surface area contributed by atoms with Gasteiger partial charge in [-0.1, -0.05) is 12.8 Å². The van der Waals surface area contributed by atoms with Crippen molar-refractivity contribution in [3.63, 3.8) is 0 Å². The van der Waals surface area contributed by atoms with Crippen molar-refractivity contribution in [2.75, 3.05) is 17.3 Å². The summed E-state index contributed by atoms with van der Waals surface area (Å²) in [6.45, 7) is 0. The predicted molar refractivity (Wildman–Crippen MR) is 79.0 cm³/mol. The lowest BCUT2D eigenvalue weighted by Crippen LogP contribution is -2.34. The Bertz CT molecular complexity index is 462. The highest BCUT2D eigenvalue weighted by atomic mass is 32.2. The summed E-state index contributed by atoms with van der Waals surface area (Å²) in [5.41, 5.74) is 4.91. The number of hydrogen-bond acceptors (Lipinski definition) is 3. The van der Waals surface area contributed by atoms with Crippen molar-refractivity contribution >= 4 is 23.1 Å². The normalized spacial score (nSPS) is 23.6. The zero-order valence-electron chi connectivity index (χ0n) is 11.3. The van der Waals surface area contributed by atoms with Crippen LogP contribution in [-0.2, 0) is 6.18 Å². The van der Waals surface area contributed by atoms with E-state index in [1.54, 1.807) is 17.8 Å². The number of thioether (sulfide) groups is 1. The highest BCUT2D eigenvalue weighted by Crippen LogP contribution is 2.36. The van der Waals surface area contributed by atoms with Crippen LogP contribution in [0.15, 0.2) is 18.2 Å². The van der Waals surface area contributed by atoms with Crippen molar-refractivity contribution < 1.29 is 13.2 Å². The fourth-order valence-electron chi connectivity index (χ4n) is 2.65. The van der Waals surface area contributed by atoms with Gasteiger partial charge in [-0.05, 0) is 37.3 Å². The van der Waals surface area contributed by atoms with E-state index < -0.39 is 11.7 Å². The van der Waals surface area contributed by atoms with Gasteiger partial charge < -0.3 is 11.1 Å².